The minimum atomic E-state index is -0.909. The first-order chi connectivity index (χ1) is 9.10. The van der Waals surface area contributed by atoms with Gasteiger partial charge in [0.25, 0.3) is 0 Å². The van der Waals surface area contributed by atoms with Crippen LogP contribution < -0.4 is 0 Å². The molecule has 0 aliphatic rings. The number of carboxylic acids is 1. The van der Waals surface area contributed by atoms with Gasteiger partial charge in [0, 0.05) is 21.1 Å². The maximum Gasteiger partial charge on any atom is 0.345 e. The molecule has 0 aliphatic heterocycles. The van der Waals surface area contributed by atoms with E-state index in [1.165, 1.54) is 23.1 Å². The van der Waals surface area contributed by atoms with Crippen molar-refractivity contribution in [2.75, 3.05) is 0 Å². The number of hydrogen-bond donors (Lipinski definition) is 1. The molecular weight excluding hydrogens is 302 g/mol. The van der Waals surface area contributed by atoms with E-state index in [0.717, 1.165) is 10.5 Å². The number of thioether (sulfide) groups is 1. The fraction of sp³-hybridized carbons (Fsp3) is 0.0769. The van der Waals surface area contributed by atoms with Gasteiger partial charge in [-0.15, -0.1) is 23.1 Å². The van der Waals surface area contributed by atoms with Gasteiger partial charge in [0.1, 0.15) is 4.88 Å². The van der Waals surface area contributed by atoms with Crippen LogP contribution in [0.15, 0.2) is 34.5 Å². The Labute approximate surface area is 123 Å². The topological polar surface area (TPSA) is 61.1 Å². The third-order valence-electron chi connectivity index (χ3n) is 2.36. The number of aromatic carboxylic acids is 1. The van der Waals surface area contributed by atoms with Gasteiger partial charge in [-0.3, -0.25) is 0 Å². The molecule has 1 N–H and O–H groups in total. The number of carbonyl (C=O) groups is 1. The van der Waals surface area contributed by atoms with Crippen molar-refractivity contribution in [1.82, 2.24) is 0 Å². The number of nitriles is 1. The van der Waals surface area contributed by atoms with Crippen LogP contribution in [0.4, 0.5) is 0 Å². The number of nitrogens with zero attached hydrogens (tertiary/aromatic N) is 1. The van der Waals surface area contributed by atoms with Gasteiger partial charge >= 0.3 is 5.97 Å². The lowest BCUT2D eigenvalue weighted by Gasteiger charge is -2.03. The van der Waals surface area contributed by atoms with Crippen LogP contribution in [0.3, 0.4) is 0 Å². The summed E-state index contributed by atoms with van der Waals surface area (Å²) in [5.41, 5.74) is 1.45. The maximum absolute atomic E-state index is 10.8. The van der Waals surface area contributed by atoms with Gasteiger partial charge in [0.2, 0.25) is 0 Å². The van der Waals surface area contributed by atoms with E-state index in [4.69, 9.17) is 22.0 Å². The SMILES string of the molecule is N#Cc1ccc(CSc2csc(C(=O)O)c2)c(Cl)c1. The highest BCUT2D eigenvalue weighted by molar-refractivity contribution is 7.98. The molecule has 2 rings (SSSR count). The molecule has 0 unspecified atom stereocenters. The largest absolute Gasteiger partial charge is 0.477 e. The molecule has 3 nitrogen and oxygen atoms in total. The van der Waals surface area contributed by atoms with Gasteiger partial charge in [-0.05, 0) is 23.8 Å². The maximum atomic E-state index is 10.8. The number of carboxylic acid groups (broad SMARTS) is 1. The second kappa shape index (κ2) is 6.11. The summed E-state index contributed by atoms with van der Waals surface area (Å²) in [5.74, 6) is -0.270. The Kier molecular flexibility index (Phi) is 4.48. The smallest absolute Gasteiger partial charge is 0.345 e. The summed E-state index contributed by atoms with van der Waals surface area (Å²) in [4.78, 5) is 12.0. The van der Waals surface area contributed by atoms with Crippen LogP contribution in [0, 0.1) is 11.3 Å². The van der Waals surface area contributed by atoms with Crippen LogP contribution in [-0.4, -0.2) is 11.1 Å². The van der Waals surface area contributed by atoms with Crippen LogP contribution >= 0.6 is 34.7 Å². The predicted molar refractivity (Wildman–Crippen MR) is 77.0 cm³/mol. The van der Waals surface area contributed by atoms with E-state index >= 15 is 0 Å². The van der Waals surface area contributed by atoms with Crippen molar-refractivity contribution in [2.24, 2.45) is 0 Å². The molecule has 96 valence electrons. The summed E-state index contributed by atoms with van der Waals surface area (Å²) in [5, 5.41) is 19.9. The summed E-state index contributed by atoms with van der Waals surface area (Å²) in [6.45, 7) is 0. The first-order valence-corrected chi connectivity index (χ1v) is 7.47. The number of benzene rings is 1. The second-order valence-electron chi connectivity index (χ2n) is 3.66. The van der Waals surface area contributed by atoms with Crippen LogP contribution in [0.2, 0.25) is 5.02 Å². The normalized spacial score (nSPS) is 10.1. The highest BCUT2D eigenvalue weighted by atomic mass is 35.5. The molecule has 0 saturated carbocycles. The molecule has 2 aromatic rings. The Morgan fingerprint density at radius 2 is 2.26 bits per heavy atom. The monoisotopic (exact) mass is 309 g/mol. The van der Waals surface area contributed by atoms with Crippen molar-refractivity contribution >= 4 is 40.7 Å². The van der Waals surface area contributed by atoms with E-state index in [1.54, 1.807) is 18.2 Å². The van der Waals surface area contributed by atoms with Crippen molar-refractivity contribution in [3.8, 4) is 6.07 Å². The second-order valence-corrected chi connectivity index (χ2v) is 6.03. The fourth-order valence-corrected chi connectivity index (χ4v) is 3.60. The molecular formula is C13H8ClNO2S2. The van der Waals surface area contributed by atoms with Gasteiger partial charge < -0.3 is 5.11 Å². The lowest BCUT2D eigenvalue weighted by molar-refractivity contribution is 0.0702. The fourth-order valence-electron chi connectivity index (χ4n) is 1.40. The first kappa shape index (κ1) is 13.9. The Hall–Kier alpha value is -1.48. The molecule has 0 bridgehead atoms. The van der Waals surface area contributed by atoms with Gasteiger partial charge in [-0.1, -0.05) is 17.7 Å². The Morgan fingerprint density at radius 1 is 1.47 bits per heavy atom. The van der Waals surface area contributed by atoms with Gasteiger partial charge in [0.05, 0.1) is 11.6 Å². The summed E-state index contributed by atoms with van der Waals surface area (Å²) in [6.07, 6.45) is 0. The van der Waals surface area contributed by atoms with Crippen molar-refractivity contribution in [2.45, 2.75) is 10.6 Å². The van der Waals surface area contributed by atoms with Gasteiger partial charge in [-0.25, -0.2) is 4.79 Å². The minimum absolute atomic E-state index is 0.327. The third-order valence-corrected chi connectivity index (χ3v) is 4.81. The zero-order valence-electron chi connectivity index (χ0n) is 9.59. The molecule has 0 saturated heterocycles. The molecule has 1 aromatic heterocycles. The van der Waals surface area contributed by atoms with Crippen molar-refractivity contribution in [3.05, 3.63) is 50.7 Å². The average molecular weight is 310 g/mol. The molecule has 1 heterocycles. The summed E-state index contributed by atoms with van der Waals surface area (Å²) < 4.78 is 0. The summed E-state index contributed by atoms with van der Waals surface area (Å²) in [7, 11) is 0. The molecule has 0 amide bonds. The van der Waals surface area contributed by atoms with Crippen LogP contribution in [0.25, 0.3) is 0 Å². The third kappa shape index (κ3) is 3.51. The zero-order valence-corrected chi connectivity index (χ0v) is 12.0. The molecule has 0 fully saturated rings. The molecule has 0 atom stereocenters. The molecule has 19 heavy (non-hydrogen) atoms. The van der Waals surface area contributed by atoms with Crippen LogP contribution in [0.1, 0.15) is 20.8 Å². The molecule has 0 radical (unpaired) electrons. The molecule has 1 aromatic carbocycles. The lowest BCUT2D eigenvalue weighted by atomic mass is 10.2. The van der Waals surface area contributed by atoms with E-state index < -0.39 is 5.97 Å². The van der Waals surface area contributed by atoms with E-state index in [2.05, 4.69) is 0 Å². The first-order valence-electron chi connectivity index (χ1n) is 5.23. The molecule has 0 aliphatic carbocycles. The lowest BCUT2D eigenvalue weighted by Crippen LogP contribution is -1.89. The van der Waals surface area contributed by atoms with Crippen molar-refractivity contribution < 1.29 is 9.90 Å². The van der Waals surface area contributed by atoms with Gasteiger partial charge in [-0.2, -0.15) is 5.26 Å². The number of rotatable bonds is 4. The van der Waals surface area contributed by atoms with E-state index in [1.807, 2.05) is 17.5 Å². The summed E-state index contributed by atoms with van der Waals surface area (Å²) in [6, 6.07) is 8.85. The van der Waals surface area contributed by atoms with E-state index in [0.29, 0.717) is 21.2 Å². The predicted octanol–water partition coefficient (Wildman–Crippen LogP) is 4.26. The van der Waals surface area contributed by atoms with Gasteiger partial charge in [0.15, 0.2) is 0 Å². The number of thiophene rings is 1. The van der Waals surface area contributed by atoms with Crippen molar-refractivity contribution in [1.29, 1.82) is 5.26 Å². The minimum Gasteiger partial charge on any atom is -0.477 e. The number of halogens is 1. The summed E-state index contributed by atoms with van der Waals surface area (Å²) >= 11 is 8.80. The Bertz CT molecular complexity index is 661. The average Bonchev–Trinajstić information content (AvgIpc) is 2.86. The highest BCUT2D eigenvalue weighted by Crippen LogP contribution is 2.30. The molecule has 0 spiro atoms. The van der Waals surface area contributed by atoms with Crippen molar-refractivity contribution in [3.63, 3.8) is 0 Å². The van der Waals surface area contributed by atoms with E-state index in [9.17, 15) is 4.79 Å². The van der Waals surface area contributed by atoms with Crippen LogP contribution in [0.5, 0.6) is 0 Å². The van der Waals surface area contributed by atoms with E-state index in [-0.39, 0.29) is 0 Å². The molecule has 6 heteroatoms. The zero-order chi connectivity index (χ0) is 13.8. The Balaban J connectivity index is 2.06. The standard InChI is InChI=1S/C13H8ClNO2S2/c14-11-3-8(5-15)1-2-9(11)6-18-10-4-12(13(16)17)19-7-10/h1-4,7H,6H2,(H,16,17). The Morgan fingerprint density at radius 3 is 2.84 bits per heavy atom. The number of hydrogen-bond acceptors (Lipinski definition) is 4. The highest BCUT2D eigenvalue weighted by Gasteiger charge is 2.08. The quantitative estimate of drug-likeness (QED) is 0.857. The van der Waals surface area contributed by atoms with Crippen LogP contribution in [-0.2, 0) is 5.75 Å².